The Morgan fingerprint density at radius 1 is 1.30 bits per heavy atom. The highest BCUT2D eigenvalue weighted by Gasteiger charge is 2.28. The molecule has 0 fully saturated rings. The summed E-state index contributed by atoms with van der Waals surface area (Å²) in [5.41, 5.74) is -0.873. The number of halogens is 2. The van der Waals surface area contributed by atoms with E-state index in [9.17, 15) is 9.59 Å². The molecule has 0 unspecified atom stereocenters. The Bertz CT molecular complexity index is 543. The van der Waals surface area contributed by atoms with E-state index in [0.29, 0.717) is 0 Å². The van der Waals surface area contributed by atoms with Gasteiger partial charge in [-0.2, -0.15) is 0 Å². The molecule has 1 aromatic rings. The Labute approximate surface area is 126 Å². The number of benzene rings is 1. The van der Waals surface area contributed by atoms with Crippen molar-refractivity contribution < 1.29 is 19.4 Å². The number of carboxylic acids is 1. The maximum absolute atomic E-state index is 12.1. The SMILES string of the molecule is COc1cc(Cl)c(Cl)cc1C(=O)NCC(C)(C)C(=O)O. The first kappa shape index (κ1) is 16.6. The van der Waals surface area contributed by atoms with Crippen molar-refractivity contribution in [1.82, 2.24) is 5.32 Å². The average Bonchev–Trinajstić information content (AvgIpc) is 2.38. The molecule has 0 atom stereocenters. The van der Waals surface area contributed by atoms with Crippen molar-refractivity contribution in [3.05, 3.63) is 27.7 Å². The zero-order valence-corrected chi connectivity index (χ0v) is 12.8. The topological polar surface area (TPSA) is 75.6 Å². The summed E-state index contributed by atoms with van der Waals surface area (Å²) in [6.45, 7) is 3.01. The van der Waals surface area contributed by atoms with Gasteiger partial charge in [-0.3, -0.25) is 9.59 Å². The number of nitrogens with one attached hydrogen (secondary N) is 1. The molecule has 0 aliphatic heterocycles. The molecule has 0 saturated heterocycles. The van der Waals surface area contributed by atoms with Crippen LogP contribution < -0.4 is 10.1 Å². The van der Waals surface area contributed by atoms with E-state index >= 15 is 0 Å². The van der Waals surface area contributed by atoms with Crippen LogP contribution in [0.3, 0.4) is 0 Å². The number of amides is 1. The fraction of sp³-hybridized carbons (Fsp3) is 0.385. The van der Waals surface area contributed by atoms with E-state index in [1.807, 2.05) is 0 Å². The van der Waals surface area contributed by atoms with Crippen LogP contribution in [-0.2, 0) is 4.79 Å². The minimum Gasteiger partial charge on any atom is -0.496 e. The summed E-state index contributed by atoms with van der Waals surface area (Å²) in [5.74, 6) is -1.21. The van der Waals surface area contributed by atoms with Gasteiger partial charge in [0.15, 0.2) is 0 Å². The van der Waals surface area contributed by atoms with Gasteiger partial charge in [-0.25, -0.2) is 0 Å². The second-order valence-corrected chi connectivity index (χ2v) is 5.65. The summed E-state index contributed by atoms with van der Waals surface area (Å²) >= 11 is 11.7. The van der Waals surface area contributed by atoms with E-state index in [1.54, 1.807) is 0 Å². The summed E-state index contributed by atoms with van der Waals surface area (Å²) < 4.78 is 5.06. The second-order valence-electron chi connectivity index (χ2n) is 4.84. The molecular formula is C13H15Cl2NO4. The smallest absolute Gasteiger partial charge is 0.310 e. The van der Waals surface area contributed by atoms with Crippen LogP contribution in [0.4, 0.5) is 0 Å². The summed E-state index contributed by atoms with van der Waals surface area (Å²) in [5, 5.41) is 12.0. The standard InChI is InChI=1S/C13H15Cl2NO4/c1-13(2,12(18)19)6-16-11(17)7-4-8(14)9(15)5-10(7)20-3/h4-5H,6H2,1-3H3,(H,16,17)(H,18,19). The van der Waals surface area contributed by atoms with Crippen molar-refractivity contribution in [3.8, 4) is 5.75 Å². The second kappa shape index (κ2) is 6.33. The van der Waals surface area contributed by atoms with Gasteiger partial charge in [0.1, 0.15) is 5.75 Å². The predicted molar refractivity (Wildman–Crippen MR) is 76.8 cm³/mol. The van der Waals surface area contributed by atoms with Crippen molar-refractivity contribution in [1.29, 1.82) is 0 Å². The van der Waals surface area contributed by atoms with Crippen LogP contribution in [0.5, 0.6) is 5.75 Å². The first-order valence-electron chi connectivity index (χ1n) is 5.73. The summed E-state index contributed by atoms with van der Waals surface area (Å²) in [6.07, 6.45) is 0. The Morgan fingerprint density at radius 2 is 1.85 bits per heavy atom. The lowest BCUT2D eigenvalue weighted by Gasteiger charge is -2.20. The summed E-state index contributed by atoms with van der Waals surface area (Å²) in [6, 6.07) is 2.81. The third-order valence-electron chi connectivity index (χ3n) is 2.76. The van der Waals surface area contributed by atoms with Gasteiger partial charge in [-0.15, -0.1) is 0 Å². The molecule has 0 saturated carbocycles. The van der Waals surface area contributed by atoms with Crippen LogP contribution in [0, 0.1) is 5.41 Å². The molecule has 0 aliphatic carbocycles. The summed E-state index contributed by atoms with van der Waals surface area (Å²) in [7, 11) is 1.40. The lowest BCUT2D eigenvalue weighted by Crippen LogP contribution is -2.39. The van der Waals surface area contributed by atoms with Gasteiger partial charge in [-0.05, 0) is 19.9 Å². The third kappa shape index (κ3) is 3.77. The van der Waals surface area contributed by atoms with E-state index in [4.69, 9.17) is 33.0 Å². The number of rotatable bonds is 5. The lowest BCUT2D eigenvalue weighted by molar-refractivity contribution is -0.146. The monoisotopic (exact) mass is 319 g/mol. The molecule has 0 aliphatic rings. The quantitative estimate of drug-likeness (QED) is 0.875. The van der Waals surface area contributed by atoms with E-state index in [0.717, 1.165) is 0 Å². The number of carbonyl (C=O) groups is 2. The molecule has 1 aromatic carbocycles. The van der Waals surface area contributed by atoms with Crippen LogP contribution in [0.2, 0.25) is 10.0 Å². The molecule has 0 bridgehead atoms. The Balaban J connectivity index is 2.93. The van der Waals surface area contributed by atoms with Crippen molar-refractivity contribution >= 4 is 35.1 Å². The number of ether oxygens (including phenoxy) is 1. The van der Waals surface area contributed by atoms with Crippen molar-refractivity contribution in [3.63, 3.8) is 0 Å². The van der Waals surface area contributed by atoms with Gasteiger partial charge in [-0.1, -0.05) is 23.2 Å². The number of methoxy groups -OCH3 is 1. The van der Waals surface area contributed by atoms with Crippen LogP contribution in [0.25, 0.3) is 0 Å². The van der Waals surface area contributed by atoms with Crippen molar-refractivity contribution in [2.24, 2.45) is 5.41 Å². The largest absolute Gasteiger partial charge is 0.496 e. The molecule has 0 aromatic heterocycles. The fourth-order valence-corrected chi connectivity index (χ4v) is 1.66. The van der Waals surface area contributed by atoms with Gasteiger partial charge in [0.05, 0.1) is 28.1 Å². The third-order valence-corrected chi connectivity index (χ3v) is 3.48. The van der Waals surface area contributed by atoms with Crippen LogP contribution in [0.1, 0.15) is 24.2 Å². The van der Waals surface area contributed by atoms with Crippen molar-refractivity contribution in [2.75, 3.05) is 13.7 Å². The van der Waals surface area contributed by atoms with Gasteiger partial charge in [0.2, 0.25) is 0 Å². The zero-order chi connectivity index (χ0) is 15.5. The Kier molecular flexibility index (Phi) is 5.25. The maximum atomic E-state index is 12.1. The number of hydrogen-bond acceptors (Lipinski definition) is 3. The molecule has 0 spiro atoms. The molecular weight excluding hydrogens is 305 g/mol. The molecule has 7 heteroatoms. The number of carboxylic acid groups (broad SMARTS) is 1. The van der Waals surface area contributed by atoms with E-state index in [-0.39, 0.29) is 27.9 Å². The number of aliphatic carboxylic acids is 1. The van der Waals surface area contributed by atoms with Crippen LogP contribution in [-0.4, -0.2) is 30.6 Å². The molecule has 1 amide bonds. The van der Waals surface area contributed by atoms with Crippen molar-refractivity contribution in [2.45, 2.75) is 13.8 Å². The van der Waals surface area contributed by atoms with Gasteiger partial charge < -0.3 is 15.2 Å². The van der Waals surface area contributed by atoms with Gasteiger partial charge in [0, 0.05) is 12.6 Å². The summed E-state index contributed by atoms with van der Waals surface area (Å²) in [4.78, 5) is 23.0. The lowest BCUT2D eigenvalue weighted by atomic mass is 9.94. The zero-order valence-electron chi connectivity index (χ0n) is 11.3. The molecule has 0 heterocycles. The highest BCUT2D eigenvalue weighted by molar-refractivity contribution is 6.42. The Hall–Kier alpha value is -1.46. The van der Waals surface area contributed by atoms with E-state index < -0.39 is 17.3 Å². The minimum atomic E-state index is -1.07. The normalized spacial score (nSPS) is 11.1. The Morgan fingerprint density at radius 3 is 2.35 bits per heavy atom. The highest BCUT2D eigenvalue weighted by atomic mass is 35.5. The molecule has 20 heavy (non-hydrogen) atoms. The first-order chi connectivity index (χ1) is 9.19. The van der Waals surface area contributed by atoms with Gasteiger partial charge in [0.25, 0.3) is 5.91 Å². The maximum Gasteiger partial charge on any atom is 0.310 e. The molecule has 5 nitrogen and oxygen atoms in total. The number of carbonyl (C=O) groups excluding carboxylic acids is 1. The van der Waals surface area contributed by atoms with E-state index in [2.05, 4.69) is 5.32 Å². The molecule has 110 valence electrons. The molecule has 0 radical (unpaired) electrons. The minimum absolute atomic E-state index is 0.0232. The fourth-order valence-electron chi connectivity index (χ4n) is 1.35. The highest BCUT2D eigenvalue weighted by Crippen LogP contribution is 2.30. The van der Waals surface area contributed by atoms with E-state index in [1.165, 1.54) is 33.1 Å². The number of hydrogen-bond donors (Lipinski definition) is 2. The van der Waals surface area contributed by atoms with Crippen LogP contribution in [0.15, 0.2) is 12.1 Å². The predicted octanol–water partition coefficient (Wildman–Crippen LogP) is 2.84. The van der Waals surface area contributed by atoms with Crippen LogP contribution >= 0.6 is 23.2 Å². The molecule has 1 rings (SSSR count). The first-order valence-corrected chi connectivity index (χ1v) is 6.49. The average molecular weight is 320 g/mol. The molecule has 2 N–H and O–H groups in total. The van der Waals surface area contributed by atoms with Gasteiger partial charge >= 0.3 is 5.97 Å².